The molecule has 2 fully saturated rings. The molecular weight excluding hydrogens is 405 g/mol. The van der Waals surface area contributed by atoms with Crippen molar-refractivity contribution in [2.45, 2.75) is 69.9 Å². The molecule has 1 saturated heterocycles. The molecule has 0 amide bonds. The van der Waals surface area contributed by atoms with Crippen molar-refractivity contribution in [1.82, 2.24) is 4.90 Å². The Kier molecular flexibility index (Phi) is 6.42. The van der Waals surface area contributed by atoms with Gasteiger partial charge in [-0.05, 0) is 106 Å². The third-order valence-corrected chi connectivity index (χ3v) is 6.76. The zero-order valence-electron chi connectivity index (χ0n) is 19.4. The molecule has 0 aromatic heterocycles. The maximum Gasteiger partial charge on any atom is 0.338 e. The van der Waals surface area contributed by atoms with Crippen LogP contribution in [-0.2, 0) is 16.7 Å². The largest absolute Gasteiger partial charge is 0.456 e. The molecule has 0 bridgehead atoms. The summed E-state index contributed by atoms with van der Waals surface area (Å²) >= 11 is 0. The molecule has 5 heteroatoms. The van der Waals surface area contributed by atoms with Crippen molar-refractivity contribution >= 4 is 5.97 Å². The van der Waals surface area contributed by atoms with Crippen LogP contribution in [0.2, 0.25) is 0 Å². The fourth-order valence-electron chi connectivity index (χ4n) is 4.70. The molecule has 172 valence electrons. The molecule has 4 nitrogen and oxygen atoms in total. The molecule has 0 spiro atoms. The summed E-state index contributed by atoms with van der Waals surface area (Å²) in [4.78, 5) is 15.0. The first-order valence-corrected chi connectivity index (χ1v) is 11.6. The Labute approximate surface area is 190 Å². The maximum absolute atomic E-state index is 13.4. The Morgan fingerprint density at radius 3 is 2.34 bits per heavy atom. The summed E-state index contributed by atoms with van der Waals surface area (Å²) in [5.41, 5.74) is 3.38. The van der Waals surface area contributed by atoms with Crippen molar-refractivity contribution in [3.8, 4) is 0 Å². The monoisotopic (exact) mass is 439 g/mol. The number of hydrogen-bond acceptors (Lipinski definition) is 4. The second kappa shape index (κ2) is 8.95. The Hall–Kier alpha value is -2.24. The Morgan fingerprint density at radius 1 is 1.12 bits per heavy atom. The third kappa shape index (κ3) is 5.21. The van der Waals surface area contributed by atoms with Gasteiger partial charge in [0.05, 0.1) is 12.2 Å². The van der Waals surface area contributed by atoms with Gasteiger partial charge in [0.1, 0.15) is 11.4 Å². The van der Waals surface area contributed by atoms with Crippen molar-refractivity contribution in [1.29, 1.82) is 0 Å². The normalized spacial score (nSPS) is 19.0. The zero-order valence-corrected chi connectivity index (χ0v) is 19.4. The van der Waals surface area contributed by atoms with E-state index in [0.717, 1.165) is 38.0 Å². The van der Waals surface area contributed by atoms with Crippen LogP contribution in [0.25, 0.3) is 0 Å². The third-order valence-electron chi connectivity index (χ3n) is 6.76. The number of halogens is 1. The van der Waals surface area contributed by atoms with Gasteiger partial charge in [0, 0.05) is 12.0 Å². The molecule has 0 radical (unpaired) electrons. The van der Waals surface area contributed by atoms with Gasteiger partial charge in [-0.3, -0.25) is 4.90 Å². The number of likely N-dealkylation sites (tertiary alicyclic amines) is 1. The zero-order chi connectivity index (χ0) is 22.9. The van der Waals surface area contributed by atoms with Gasteiger partial charge in [-0.15, -0.1) is 0 Å². The molecule has 1 heterocycles. The van der Waals surface area contributed by atoms with E-state index in [4.69, 9.17) is 4.74 Å². The summed E-state index contributed by atoms with van der Waals surface area (Å²) < 4.78 is 18.9. The number of aliphatic hydroxyl groups is 1. The minimum atomic E-state index is -0.507. The minimum absolute atomic E-state index is 0.0738. The van der Waals surface area contributed by atoms with Gasteiger partial charge in [-0.1, -0.05) is 18.2 Å². The van der Waals surface area contributed by atoms with Crippen LogP contribution in [0.15, 0.2) is 42.5 Å². The molecule has 32 heavy (non-hydrogen) atoms. The molecular formula is C27H34FNO3. The molecule has 0 atom stereocenters. The second-order valence-electron chi connectivity index (χ2n) is 10.4. The van der Waals surface area contributed by atoms with Crippen LogP contribution in [0.5, 0.6) is 0 Å². The maximum atomic E-state index is 13.4. The molecule has 1 aliphatic heterocycles. The van der Waals surface area contributed by atoms with Crippen LogP contribution in [0, 0.1) is 5.82 Å². The number of esters is 1. The number of hydrogen-bond donors (Lipinski definition) is 1. The lowest BCUT2D eigenvalue weighted by Gasteiger charge is -2.41. The predicted octanol–water partition coefficient (Wildman–Crippen LogP) is 5.18. The molecule has 0 unspecified atom stereocenters. The van der Waals surface area contributed by atoms with Gasteiger partial charge in [0.2, 0.25) is 0 Å². The van der Waals surface area contributed by atoms with E-state index in [9.17, 15) is 14.3 Å². The molecule has 1 saturated carbocycles. The average Bonchev–Trinajstić information content (AvgIpc) is 3.59. The lowest BCUT2D eigenvalue weighted by molar-refractivity contribution is 0.00693. The van der Waals surface area contributed by atoms with E-state index in [0.29, 0.717) is 11.5 Å². The molecule has 1 aliphatic carbocycles. The molecule has 2 aromatic rings. The van der Waals surface area contributed by atoms with Gasteiger partial charge in [0.15, 0.2) is 0 Å². The van der Waals surface area contributed by atoms with Crippen molar-refractivity contribution in [3.05, 3.63) is 70.5 Å². The van der Waals surface area contributed by atoms with E-state index in [-0.39, 0.29) is 23.8 Å². The van der Waals surface area contributed by atoms with E-state index >= 15 is 0 Å². The van der Waals surface area contributed by atoms with E-state index < -0.39 is 5.60 Å². The van der Waals surface area contributed by atoms with E-state index in [1.54, 1.807) is 0 Å². The highest BCUT2D eigenvalue weighted by molar-refractivity contribution is 5.90. The van der Waals surface area contributed by atoms with Gasteiger partial charge in [-0.2, -0.15) is 0 Å². The topological polar surface area (TPSA) is 49.8 Å². The summed E-state index contributed by atoms with van der Waals surface area (Å²) in [5, 5.41) is 10.2. The summed E-state index contributed by atoms with van der Waals surface area (Å²) in [6.07, 6.45) is 4.01. The van der Waals surface area contributed by atoms with Crippen LogP contribution in [0.1, 0.15) is 79.4 Å². The number of piperidine rings is 1. The Balaban J connectivity index is 1.45. The quantitative estimate of drug-likeness (QED) is 0.630. The number of nitrogens with zero attached hydrogens (tertiary/aromatic N) is 1. The number of carbonyl (C=O) groups is 1. The fourth-order valence-corrected chi connectivity index (χ4v) is 4.70. The minimum Gasteiger partial charge on any atom is -0.456 e. The number of aliphatic hydroxyl groups excluding tert-OH is 1. The second-order valence-corrected chi connectivity index (χ2v) is 10.4. The summed E-state index contributed by atoms with van der Waals surface area (Å²) in [6.45, 7) is 8.31. The highest BCUT2D eigenvalue weighted by Gasteiger charge is 2.36. The van der Waals surface area contributed by atoms with Crippen LogP contribution in [0.4, 0.5) is 4.39 Å². The highest BCUT2D eigenvalue weighted by atomic mass is 19.1. The van der Waals surface area contributed by atoms with Crippen molar-refractivity contribution in [3.63, 3.8) is 0 Å². The lowest BCUT2D eigenvalue weighted by atomic mass is 9.73. The number of carbonyl (C=O) groups excluding carboxylic acids is 1. The summed E-state index contributed by atoms with van der Waals surface area (Å²) in [6, 6.07) is 12.6. The number of rotatable bonds is 6. The van der Waals surface area contributed by atoms with Gasteiger partial charge in [0.25, 0.3) is 0 Å². The standard InChI is InChI=1S/C27H34FNO3/c1-26(2,3)32-25(31)20-6-7-21(24(16-20)19-4-5-19)17-29-14-12-27(18-30,13-15-29)22-8-10-23(28)11-9-22/h6-11,16,19,30H,4-5,12-15,17-18H2,1-3H3. The van der Waals surface area contributed by atoms with E-state index in [1.165, 1.54) is 36.1 Å². The predicted molar refractivity (Wildman–Crippen MR) is 123 cm³/mol. The van der Waals surface area contributed by atoms with Crippen molar-refractivity contribution in [2.75, 3.05) is 19.7 Å². The molecule has 2 aliphatic rings. The summed E-state index contributed by atoms with van der Waals surface area (Å²) in [5.74, 6) is 0.0191. The Morgan fingerprint density at radius 2 is 1.78 bits per heavy atom. The highest BCUT2D eigenvalue weighted by Crippen LogP contribution is 2.43. The molecule has 4 rings (SSSR count). The van der Waals surface area contributed by atoms with Crippen LogP contribution in [-0.4, -0.2) is 41.3 Å². The van der Waals surface area contributed by atoms with Crippen LogP contribution in [0.3, 0.4) is 0 Å². The van der Waals surface area contributed by atoms with Gasteiger partial charge >= 0.3 is 5.97 Å². The number of ether oxygens (including phenoxy) is 1. The van der Waals surface area contributed by atoms with E-state index in [1.807, 2.05) is 45.0 Å². The first kappa shape index (κ1) is 22.9. The average molecular weight is 440 g/mol. The van der Waals surface area contributed by atoms with Crippen LogP contribution < -0.4 is 0 Å². The first-order chi connectivity index (χ1) is 15.2. The van der Waals surface area contributed by atoms with E-state index in [2.05, 4.69) is 11.0 Å². The first-order valence-electron chi connectivity index (χ1n) is 11.6. The van der Waals surface area contributed by atoms with Crippen molar-refractivity contribution < 1.29 is 19.0 Å². The van der Waals surface area contributed by atoms with Gasteiger partial charge in [-0.25, -0.2) is 9.18 Å². The van der Waals surface area contributed by atoms with Crippen LogP contribution >= 0.6 is 0 Å². The fraction of sp³-hybridized carbons (Fsp3) is 0.519. The smallest absolute Gasteiger partial charge is 0.338 e. The van der Waals surface area contributed by atoms with Crippen molar-refractivity contribution in [2.24, 2.45) is 0 Å². The Bertz CT molecular complexity index is 952. The number of benzene rings is 2. The lowest BCUT2D eigenvalue weighted by Crippen LogP contribution is -2.44. The summed E-state index contributed by atoms with van der Waals surface area (Å²) in [7, 11) is 0. The van der Waals surface area contributed by atoms with Gasteiger partial charge < -0.3 is 9.84 Å². The molecule has 1 N–H and O–H groups in total. The molecule has 2 aromatic carbocycles. The SMILES string of the molecule is CC(C)(C)OC(=O)c1ccc(CN2CCC(CO)(c3ccc(F)cc3)CC2)c(C2CC2)c1.